The second-order valence-corrected chi connectivity index (χ2v) is 8.77. The van der Waals surface area contributed by atoms with Crippen molar-refractivity contribution in [3.8, 4) is 5.75 Å². The van der Waals surface area contributed by atoms with Crippen LogP contribution in [0.4, 0.5) is 5.69 Å². The topological polar surface area (TPSA) is 89.7 Å². The van der Waals surface area contributed by atoms with E-state index in [-0.39, 0.29) is 11.4 Å². The summed E-state index contributed by atoms with van der Waals surface area (Å²) in [4.78, 5) is 12.0. The SMILES string of the molecule is Cc1c(C)c(C)c(S(=O)(=O)N2C[C@H](C(N)=O)Oc3ccccc32)c(C)c1C. The molecule has 144 valence electrons. The van der Waals surface area contributed by atoms with Gasteiger partial charge < -0.3 is 10.5 Å². The van der Waals surface area contributed by atoms with Gasteiger partial charge in [0.1, 0.15) is 5.75 Å². The third kappa shape index (κ3) is 2.96. The molecule has 1 amide bonds. The summed E-state index contributed by atoms with van der Waals surface area (Å²) in [6.07, 6.45) is -1.04. The molecule has 1 heterocycles. The van der Waals surface area contributed by atoms with Crippen LogP contribution in [0.1, 0.15) is 27.8 Å². The minimum atomic E-state index is -3.92. The van der Waals surface area contributed by atoms with E-state index in [1.165, 1.54) is 4.31 Å². The molecule has 0 saturated heterocycles. The molecule has 2 aromatic carbocycles. The zero-order chi connectivity index (χ0) is 20.1. The molecule has 0 aliphatic carbocycles. The largest absolute Gasteiger partial charge is 0.476 e. The molecule has 7 heteroatoms. The summed E-state index contributed by atoms with van der Waals surface area (Å²) in [7, 11) is -3.92. The molecule has 0 spiro atoms. The third-order valence-electron chi connectivity index (χ3n) is 5.53. The predicted octanol–water partition coefficient (Wildman–Crippen LogP) is 2.67. The number of hydrogen-bond acceptors (Lipinski definition) is 4. The number of ether oxygens (including phenoxy) is 1. The smallest absolute Gasteiger partial charge is 0.265 e. The first-order chi connectivity index (χ1) is 12.6. The van der Waals surface area contributed by atoms with E-state index in [2.05, 4.69) is 0 Å². The molecule has 27 heavy (non-hydrogen) atoms. The predicted molar refractivity (Wildman–Crippen MR) is 105 cm³/mol. The molecule has 6 nitrogen and oxygen atoms in total. The lowest BCUT2D eigenvalue weighted by atomic mass is 9.95. The summed E-state index contributed by atoms with van der Waals surface area (Å²) in [5.74, 6) is -0.374. The second kappa shape index (κ2) is 6.56. The fourth-order valence-electron chi connectivity index (χ4n) is 3.54. The first-order valence-electron chi connectivity index (χ1n) is 8.72. The molecule has 1 aliphatic rings. The van der Waals surface area contributed by atoms with Crippen LogP contribution in [-0.4, -0.2) is 27.0 Å². The van der Waals surface area contributed by atoms with Gasteiger partial charge in [-0.05, 0) is 74.6 Å². The maximum atomic E-state index is 13.7. The van der Waals surface area contributed by atoms with Crippen molar-refractivity contribution >= 4 is 21.6 Å². The van der Waals surface area contributed by atoms with Gasteiger partial charge in [0.15, 0.2) is 6.10 Å². The van der Waals surface area contributed by atoms with Crippen LogP contribution in [0.5, 0.6) is 5.75 Å². The van der Waals surface area contributed by atoms with Crippen molar-refractivity contribution in [1.29, 1.82) is 0 Å². The number of carbonyl (C=O) groups excluding carboxylic acids is 1. The highest BCUT2D eigenvalue weighted by molar-refractivity contribution is 7.93. The highest BCUT2D eigenvalue weighted by Crippen LogP contribution is 2.39. The van der Waals surface area contributed by atoms with Crippen LogP contribution in [0, 0.1) is 34.6 Å². The van der Waals surface area contributed by atoms with Crippen molar-refractivity contribution < 1.29 is 17.9 Å². The molecule has 0 radical (unpaired) electrons. The maximum Gasteiger partial charge on any atom is 0.265 e. The minimum absolute atomic E-state index is 0.153. The number of hydrogen-bond donors (Lipinski definition) is 1. The van der Waals surface area contributed by atoms with Crippen molar-refractivity contribution in [3.05, 3.63) is 52.1 Å². The summed E-state index contributed by atoms with van der Waals surface area (Å²) < 4.78 is 34.2. The van der Waals surface area contributed by atoms with Crippen molar-refractivity contribution in [2.45, 2.75) is 45.6 Å². The van der Waals surface area contributed by atoms with Crippen LogP contribution in [0.25, 0.3) is 0 Å². The standard InChI is InChI=1S/C20H24N2O4S/c1-11-12(2)14(4)19(15(5)13(11)3)27(24,25)22-10-18(20(21)23)26-17-9-7-6-8-16(17)22/h6-9,18H,10H2,1-5H3,(H2,21,23)/t18-/m1/s1. The molecule has 0 unspecified atom stereocenters. The molecular formula is C20H24N2O4S. The number of benzene rings is 2. The molecule has 0 bridgehead atoms. The Hall–Kier alpha value is -2.54. The van der Waals surface area contributed by atoms with Crippen LogP contribution in [0.3, 0.4) is 0 Å². The first-order valence-corrected chi connectivity index (χ1v) is 10.2. The molecule has 2 aromatic rings. The Bertz CT molecular complexity index is 1020. The van der Waals surface area contributed by atoms with Gasteiger partial charge in [0.25, 0.3) is 15.9 Å². The van der Waals surface area contributed by atoms with Gasteiger partial charge in [0.2, 0.25) is 0 Å². The minimum Gasteiger partial charge on any atom is -0.476 e. The number of nitrogens with zero attached hydrogens (tertiary/aromatic N) is 1. The Morgan fingerprint density at radius 1 is 1.00 bits per heavy atom. The Balaban J connectivity index is 2.26. The van der Waals surface area contributed by atoms with E-state index >= 15 is 0 Å². The molecule has 2 N–H and O–H groups in total. The van der Waals surface area contributed by atoms with E-state index in [0.717, 1.165) is 27.8 Å². The lowest BCUT2D eigenvalue weighted by molar-refractivity contribution is -0.124. The summed E-state index contributed by atoms with van der Waals surface area (Å²) >= 11 is 0. The van der Waals surface area contributed by atoms with E-state index in [4.69, 9.17) is 10.5 Å². The molecule has 0 fully saturated rings. The van der Waals surface area contributed by atoms with Gasteiger partial charge in [0.05, 0.1) is 17.1 Å². The highest BCUT2D eigenvalue weighted by atomic mass is 32.2. The Morgan fingerprint density at radius 2 is 1.52 bits per heavy atom. The number of anilines is 1. The first kappa shape index (κ1) is 19.2. The molecule has 0 aromatic heterocycles. The third-order valence-corrected chi connectivity index (χ3v) is 7.59. The lowest BCUT2D eigenvalue weighted by Gasteiger charge is -2.35. The van der Waals surface area contributed by atoms with E-state index in [1.54, 1.807) is 24.3 Å². The summed E-state index contributed by atoms with van der Waals surface area (Å²) in [5.41, 5.74) is 10.2. The van der Waals surface area contributed by atoms with Gasteiger partial charge in [-0.3, -0.25) is 9.10 Å². The van der Waals surface area contributed by atoms with Crippen LogP contribution in [0.2, 0.25) is 0 Å². The fraction of sp³-hybridized carbons (Fsp3) is 0.350. The number of primary amides is 1. The number of carbonyl (C=O) groups is 1. The highest BCUT2D eigenvalue weighted by Gasteiger charge is 2.38. The number of sulfonamides is 1. The van der Waals surface area contributed by atoms with Gasteiger partial charge in [-0.15, -0.1) is 0 Å². The summed E-state index contributed by atoms with van der Waals surface area (Å²) in [6, 6.07) is 6.77. The number of fused-ring (bicyclic) bond motifs is 1. The Labute approximate surface area is 160 Å². The van der Waals surface area contributed by atoms with Gasteiger partial charge in [-0.2, -0.15) is 0 Å². The van der Waals surface area contributed by atoms with Crippen molar-refractivity contribution in [2.75, 3.05) is 10.8 Å². The van der Waals surface area contributed by atoms with Crippen molar-refractivity contribution in [3.63, 3.8) is 0 Å². The van der Waals surface area contributed by atoms with Gasteiger partial charge in [0, 0.05) is 0 Å². The molecule has 1 atom stereocenters. The van der Waals surface area contributed by atoms with E-state index in [0.29, 0.717) is 11.4 Å². The summed E-state index contributed by atoms with van der Waals surface area (Å²) in [5, 5.41) is 0. The number of rotatable bonds is 3. The molecule has 1 aliphatic heterocycles. The van der Waals surface area contributed by atoms with Gasteiger partial charge >= 0.3 is 0 Å². The fourth-order valence-corrected chi connectivity index (χ4v) is 5.58. The molecule has 3 rings (SSSR count). The van der Waals surface area contributed by atoms with Crippen molar-refractivity contribution in [2.24, 2.45) is 5.73 Å². The normalized spacial score (nSPS) is 16.6. The zero-order valence-corrected chi connectivity index (χ0v) is 17.0. The van der Waals surface area contributed by atoms with Crippen LogP contribution in [0.15, 0.2) is 29.2 Å². The monoisotopic (exact) mass is 388 g/mol. The lowest BCUT2D eigenvalue weighted by Crippen LogP contribution is -2.49. The second-order valence-electron chi connectivity index (χ2n) is 6.97. The van der Waals surface area contributed by atoms with Crippen LogP contribution < -0.4 is 14.8 Å². The Kier molecular flexibility index (Phi) is 4.67. The zero-order valence-electron chi connectivity index (χ0n) is 16.2. The Morgan fingerprint density at radius 3 is 2.07 bits per heavy atom. The van der Waals surface area contributed by atoms with E-state index in [9.17, 15) is 13.2 Å². The van der Waals surface area contributed by atoms with E-state index in [1.807, 2.05) is 34.6 Å². The quantitative estimate of drug-likeness (QED) is 0.875. The molecular weight excluding hydrogens is 364 g/mol. The van der Waals surface area contributed by atoms with Crippen LogP contribution >= 0.6 is 0 Å². The van der Waals surface area contributed by atoms with Gasteiger partial charge in [-0.1, -0.05) is 12.1 Å². The van der Waals surface area contributed by atoms with Gasteiger partial charge in [-0.25, -0.2) is 8.42 Å². The van der Waals surface area contributed by atoms with Crippen LogP contribution in [-0.2, 0) is 14.8 Å². The molecule has 0 saturated carbocycles. The number of nitrogens with two attached hydrogens (primary N) is 1. The average Bonchev–Trinajstić information content (AvgIpc) is 2.63. The van der Waals surface area contributed by atoms with Crippen molar-refractivity contribution in [1.82, 2.24) is 0 Å². The average molecular weight is 388 g/mol. The van der Waals surface area contributed by atoms with E-state index < -0.39 is 22.0 Å². The number of amides is 1. The number of para-hydroxylation sites is 2. The summed E-state index contributed by atoms with van der Waals surface area (Å²) in [6.45, 7) is 9.33. The maximum absolute atomic E-state index is 13.7.